The lowest BCUT2D eigenvalue weighted by Gasteiger charge is -1.99. The zero-order chi connectivity index (χ0) is 6.69. The molecule has 0 aliphatic carbocycles. The van der Waals surface area contributed by atoms with Crippen LogP contribution in [-0.2, 0) is 0 Å². The van der Waals surface area contributed by atoms with Crippen molar-refractivity contribution in [2.45, 2.75) is 6.04 Å². The predicted octanol–water partition coefficient (Wildman–Crippen LogP) is -0.333. The molecule has 4 nitrogen and oxygen atoms in total. The average molecular weight is 128 g/mol. The summed E-state index contributed by atoms with van der Waals surface area (Å²) in [6.07, 6.45) is 2.77. The van der Waals surface area contributed by atoms with Crippen LogP contribution >= 0.6 is 0 Å². The standard InChI is InChI=1S/C5H8N2O2/c6-4(2-8)5-1-7-3-9-5/h1,3-4,8H,2,6H2/t4-/m0/s1. The fourth-order valence-electron chi connectivity index (χ4n) is 0.499. The lowest BCUT2D eigenvalue weighted by Crippen LogP contribution is -2.13. The van der Waals surface area contributed by atoms with Crippen LogP contribution in [0.2, 0.25) is 0 Å². The van der Waals surface area contributed by atoms with Gasteiger partial charge in [-0.1, -0.05) is 0 Å². The van der Waals surface area contributed by atoms with Gasteiger partial charge in [0.1, 0.15) is 5.76 Å². The fraction of sp³-hybridized carbons (Fsp3) is 0.400. The molecular weight excluding hydrogens is 120 g/mol. The van der Waals surface area contributed by atoms with E-state index in [1.54, 1.807) is 0 Å². The van der Waals surface area contributed by atoms with Crippen molar-refractivity contribution in [1.82, 2.24) is 4.98 Å². The van der Waals surface area contributed by atoms with Crippen LogP contribution in [0.4, 0.5) is 0 Å². The quantitative estimate of drug-likeness (QED) is 0.571. The minimum atomic E-state index is -0.438. The van der Waals surface area contributed by atoms with Gasteiger partial charge in [0.2, 0.25) is 0 Å². The van der Waals surface area contributed by atoms with Crippen LogP contribution in [-0.4, -0.2) is 16.7 Å². The summed E-state index contributed by atoms with van der Waals surface area (Å²) in [7, 11) is 0. The van der Waals surface area contributed by atoms with Gasteiger partial charge in [0.15, 0.2) is 6.39 Å². The minimum Gasteiger partial charge on any atom is -0.447 e. The number of aromatic nitrogens is 1. The van der Waals surface area contributed by atoms with E-state index in [0.717, 1.165) is 0 Å². The second-order valence-corrected chi connectivity index (χ2v) is 1.69. The third-order valence-corrected chi connectivity index (χ3v) is 1.01. The topological polar surface area (TPSA) is 72.3 Å². The molecule has 0 aromatic carbocycles. The fourth-order valence-corrected chi connectivity index (χ4v) is 0.499. The Balaban J connectivity index is 2.65. The molecule has 0 fully saturated rings. The molecule has 0 radical (unpaired) electrons. The van der Waals surface area contributed by atoms with Gasteiger partial charge in [-0.25, -0.2) is 4.98 Å². The Bertz CT molecular complexity index is 161. The second-order valence-electron chi connectivity index (χ2n) is 1.69. The molecule has 9 heavy (non-hydrogen) atoms. The van der Waals surface area contributed by atoms with Crippen molar-refractivity contribution in [2.75, 3.05) is 6.61 Å². The Morgan fingerprint density at radius 2 is 2.67 bits per heavy atom. The molecule has 4 heteroatoms. The van der Waals surface area contributed by atoms with Crippen molar-refractivity contribution >= 4 is 0 Å². The number of nitrogens with zero attached hydrogens (tertiary/aromatic N) is 1. The summed E-state index contributed by atoms with van der Waals surface area (Å²) in [6, 6.07) is -0.438. The van der Waals surface area contributed by atoms with Crippen molar-refractivity contribution in [3.8, 4) is 0 Å². The highest BCUT2D eigenvalue weighted by Crippen LogP contribution is 2.05. The molecule has 1 heterocycles. The van der Waals surface area contributed by atoms with Crippen LogP contribution in [0.25, 0.3) is 0 Å². The lowest BCUT2D eigenvalue weighted by atomic mass is 10.3. The molecule has 1 aromatic rings. The van der Waals surface area contributed by atoms with Gasteiger partial charge in [0.05, 0.1) is 18.8 Å². The Hall–Kier alpha value is -0.870. The molecular formula is C5H8N2O2. The van der Waals surface area contributed by atoms with E-state index in [1.165, 1.54) is 12.6 Å². The van der Waals surface area contributed by atoms with Crippen molar-refractivity contribution in [1.29, 1.82) is 0 Å². The number of hydrogen-bond acceptors (Lipinski definition) is 4. The van der Waals surface area contributed by atoms with E-state index in [9.17, 15) is 0 Å². The Morgan fingerprint density at radius 3 is 3.11 bits per heavy atom. The first kappa shape index (κ1) is 6.25. The highest BCUT2D eigenvalue weighted by atomic mass is 16.3. The molecule has 0 aliphatic rings. The Morgan fingerprint density at radius 1 is 1.89 bits per heavy atom. The van der Waals surface area contributed by atoms with Crippen molar-refractivity contribution in [2.24, 2.45) is 5.73 Å². The molecule has 3 N–H and O–H groups in total. The number of nitrogens with two attached hydrogens (primary N) is 1. The van der Waals surface area contributed by atoms with Crippen LogP contribution in [0, 0.1) is 0 Å². The summed E-state index contributed by atoms with van der Waals surface area (Å²) in [5.74, 6) is 0.512. The minimum absolute atomic E-state index is 0.116. The predicted molar refractivity (Wildman–Crippen MR) is 30.5 cm³/mol. The molecule has 1 aromatic heterocycles. The first-order valence-electron chi connectivity index (χ1n) is 2.59. The summed E-state index contributed by atoms with van der Waals surface area (Å²) in [5.41, 5.74) is 5.35. The summed E-state index contributed by atoms with van der Waals surface area (Å²) in [5, 5.41) is 8.49. The molecule has 1 atom stereocenters. The van der Waals surface area contributed by atoms with Gasteiger partial charge in [0, 0.05) is 0 Å². The van der Waals surface area contributed by atoms with Gasteiger partial charge in [-0.15, -0.1) is 0 Å². The first-order chi connectivity index (χ1) is 4.34. The molecule has 0 unspecified atom stereocenters. The number of aliphatic hydroxyl groups is 1. The zero-order valence-electron chi connectivity index (χ0n) is 4.82. The maximum Gasteiger partial charge on any atom is 0.180 e. The first-order valence-corrected chi connectivity index (χ1v) is 2.59. The zero-order valence-corrected chi connectivity index (χ0v) is 4.82. The molecule has 0 bridgehead atoms. The normalized spacial score (nSPS) is 13.6. The SMILES string of the molecule is N[C@@H](CO)c1cnco1. The largest absolute Gasteiger partial charge is 0.447 e. The number of aliphatic hydroxyl groups excluding tert-OH is 1. The highest BCUT2D eigenvalue weighted by molar-refractivity contribution is 4.95. The molecule has 0 amide bonds. The number of rotatable bonds is 2. The Labute approximate surface area is 52.3 Å². The monoisotopic (exact) mass is 128 g/mol. The molecule has 0 aliphatic heterocycles. The van der Waals surface area contributed by atoms with Crippen LogP contribution in [0.5, 0.6) is 0 Å². The van der Waals surface area contributed by atoms with Crippen LogP contribution < -0.4 is 5.73 Å². The maximum absolute atomic E-state index is 8.49. The van der Waals surface area contributed by atoms with Gasteiger partial charge >= 0.3 is 0 Å². The smallest absolute Gasteiger partial charge is 0.180 e. The Kier molecular flexibility index (Phi) is 1.81. The van der Waals surface area contributed by atoms with Crippen LogP contribution in [0.3, 0.4) is 0 Å². The summed E-state index contributed by atoms with van der Waals surface area (Å²) in [4.78, 5) is 3.63. The summed E-state index contributed by atoms with van der Waals surface area (Å²) in [6.45, 7) is -0.116. The van der Waals surface area contributed by atoms with Crippen molar-refractivity contribution < 1.29 is 9.52 Å². The summed E-state index contributed by atoms with van der Waals surface area (Å²) < 4.78 is 4.79. The molecule has 0 saturated carbocycles. The highest BCUT2D eigenvalue weighted by Gasteiger charge is 2.05. The third-order valence-electron chi connectivity index (χ3n) is 1.01. The van der Waals surface area contributed by atoms with Crippen molar-refractivity contribution in [3.63, 3.8) is 0 Å². The van der Waals surface area contributed by atoms with Gasteiger partial charge in [-0.05, 0) is 0 Å². The van der Waals surface area contributed by atoms with E-state index in [2.05, 4.69) is 4.98 Å². The van der Waals surface area contributed by atoms with E-state index in [4.69, 9.17) is 15.3 Å². The van der Waals surface area contributed by atoms with Gasteiger partial charge in [-0.3, -0.25) is 0 Å². The average Bonchev–Trinajstić information content (AvgIpc) is 2.37. The molecule has 0 saturated heterocycles. The third kappa shape index (κ3) is 1.28. The van der Waals surface area contributed by atoms with Crippen molar-refractivity contribution in [3.05, 3.63) is 18.4 Å². The van der Waals surface area contributed by atoms with E-state index >= 15 is 0 Å². The lowest BCUT2D eigenvalue weighted by molar-refractivity contribution is 0.252. The second kappa shape index (κ2) is 2.61. The van der Waals surface area contributed by atoms with E-state index < -0.39 is 6.04 Å². The van der Waals surface area contributed by atoms with Gasteiger partial charge < -0.3 is 15.3 Å². The van der Waals surface area contributed by atoms with E-state index in [-0.39, 0.29) is 6.61 Å². The van der Waals surface area contributed by atoms with Gasteiger partial charge in [0.25, 0.3) is 0 Å². The molecule has 50 valence electrons. The number of hydrogen-bond donors (Lipinski definition) is 2. The molecule has 1 rings (SSSR count). The molecule has 0 spiro atoms. The maximum atomic E-state index is 8.49. The van der Waals surface area contributed by atoms with E-state index in [1.807, 2.05) is 0 Å². The van der Waals surface area contributed by atoms with E-state index in [0.29, 0.717) is 5.76 Å². The van der Waals surface area contributed by atoms with Gasteiger partial charge in [-0.2, -0.15) is 0 Å². The van der Waals surface area contributed by atoms with Crippen LogP contribution in [0.15, 0.2) is 17.0 Å². The summed E-state index contributed by atoms with van der Waals surface area (Å²) >= 11 is 0. The van der Waals surface area contributed by atoms with Crippen LogP contribution in [0.1, 0.15) is 11.8 Å². The number of oxazole rings is 1.